The zero-order valence-electron chi connectivity index (χ0n) is 10.4. The molecule has 2 rings (SSSR count). The molecule has 0 radical (unpaired) electrons. The number of carbonyl (C=O) groups is 1. The topological polar surface area (TPSA) is 48.7 Å². The van der Waals surface area contributed by atoms with Crippen molar-refractivity contribution in [1.29, 1.82) is 0 Å². The van der Waals surface area contributed by atoms with E-state index in [1.54, 1.807) is 6.26 Å². The second-order valence-corrected chi connectivity index (χ2v) is 4.87. The summed E-state index contributed by atoms with van der Waals surface area (Å²) in [6, 6.07) is 3.74. The average molecular weight is 238 g/mol. The Morgan fingerprint density at radius 3 is 2.53 bits per heavy atom. The maximum atomic E-state index is 12.0. The van der Waals surface area contributed by atoms with Crippen LogP contribution in [0.15, 0.2) is 22.8 Å². The molecule has 1 aliphatic rings. The zero-order valence-corrected chi connectivity index (χ0v) is 10.4. The Bertz CT molecular complexity index is 376. The molecular formula is C13H18O4. The highest BCUT2D eigenvalue weighted by Crippen LogP contribution is 2.43. The van der Waals surface area contributed by atoms with Gasteiger partial charge in [0.25, 0.3) is 0 Å². The third-order valence-corrected chi connectivity index (χ3v) is 3.45. The molecule has 4 heteroatoms. The van der Waals surface area contributed by atoms with E-state index in [1.807, 2.05) is 26.0 Å². The van der Waals surface area contributed by atoms with Crippen LogP contribution in [0.3, 0.4) is 0 Å². The normalized spacial score (nSPS) is 19.8. The minimum Gasteiger partial charge on any atom is -0.469 e. The first kappa shape index (κ1) is 12.2. The Kier molecular flexibility index (Phi) is 3.24. The van der Waals surface area contributed by atoms with Crippen molar-refractivity contribution < 1.29 is 18.7 Å². The Balaban J connectivity index is 2.36. The molecule has 0 amide bonds. The number of furan rings is 1. The predicted octanol–water partition coefficient (Wildman–Crippen LogP) is 1.99. The lowest BCUT2D eigenvalue weighted by Crippen LogP contribution is -2.56. The predicted molar refractivity (Wildman–Crippen MR) is 61.5 cm³/mol. The maximum Gasteiger partial charge on any atom is 0.310 e. The molecule has 0 aromatic carbocycles. The molecule has 1 aliphatic heterocycles. The van der Waals surface area contributed by atoms with Gasteiger partial charge in [0.15, 0.2) is 0 Å². The van der Waals surface area contributed by atoms with Crippen molar-refractivity contribution in [3.63, 3.8) is 0 Å². The van der Waals surface area contributed by atoms with E-state index >= 15 is 0 Å². The van der Waals surface area contributed by atoms with E-state index < -0.39 is 0 Å². The van der Waals surface area contributed by atoms with Gasteiger partial charge in [-0.3, -0.25) is 4.79 Å². The van der Waals surface area contributed by atoms with Crippen LogP contribution in [0.2, 0.25) is 0 Å². The van der Waals surface area contributed by atoms with Gasteiger partial charge < -0.3 is 13.9 Å². The highest BCUT2D eigenvalue weighted by molar-refractivity contribution is 5.75. The minimum absolute atomic E-state index is 0.177. The Morgan fingerprint density at radius 1 is 1.47 bits per heavy atom. The summed E-state index contributed by atoms with van der Waals surface area (Å²) >= 11 is 0. The standard InChI is InChI=1S/C13H18O4/c1-9(2)11(12(14)15-3)13(7-16-8-13)10-5-4-6-17-10/h4-6,9,11H,7-8H2,1-3H3. The van der Waals surface area contributed by atoms with Gasteiger partial charge in [-0.2, -0.15) is 0 Å². The van der Waals surface area contributed by atoms with Crippen LogP contribution < -0.4 is 0 Å². The minimum atomic E-state index is -0.356. The van der Waals surface area contributed by atoms with E-state index in [-0.39, 0.29) is 23.2 Å². The second kappa shape index (κ2) is 4.53. The molecule has 1 unspecified atom stereocenters. The average Bonchev–Trinajstić information content (AvgIpc) is 2.75. The summed E-state index contributed by atoms with van der Waals surface area (Å²) in [6.07, 6.45) is 1.63. The molecule has 17 heavy (non-hydrogen) atoms. The van der Waals surface area contributed by atoms with Gasteiger partial charge in [0.05, 0.1) is 37.9 Å². The van der Waals surface area contributed by atoms with Gasteiger partial charge in [0.2, 0.25) is 0 Å². The first-order valence-corrected chi connectivity index (χ1v) is 5.81. The van der Waals surface area contributed by atoms with Gasteiger partial charge in [0.1, 0.15) is 5.76 Å². The molecule has 0 saturated carbocycles. The second-order valence-electron chi connectivity index (χ2n) is 4.87. The van der Waals surface area contributed by atoms with Crippen molar-refractivity contribution in [3.8, 4) is 0 Å². The van der Waals surface area contributed by atoms with Crippen molar-refractivity contribution in [2.75, 3.05) is 20.3 Å². The first-order valence-electron chi connectivity index (χ1n) is 5.81. The molecule has 1 aromatic heterocycles. The van der Waals surface area contributed by atoms with Crippen molar-refractivity contribution in [3.05, 3.63) is 24.2 Å². The molecule has 0 N–H and O–H groups in total. The fourth-order valence-corrected chi connectivity index (χ4v) is 2.62. The van der Waals surface area contributed by atoms with Crippen molar-refractivity contribution in [2.24, 2.45) is 11.8 Å². The summed E-state index contributed by atoms with van der Waals surface area (Å²) in [5.41, 5.74) is -0.356. The number of ether oxygens (including phenoxy) is 2. The van der Waals surface area contributed by atoms with Gasteiger partial charge >= 0.3 is 5.97 Å². The SMILES string of the molecule is COC(=O)C(C(C)C)C1(c2ccco2)COC1. The highest BCUT2D eigenvalue weighted by Gasteiger charge is 2.54. The Hall–Kier alpha value is -1.29. The van der Waals surface area contributed by atoms with Crippen LogP contribution in [0.4, 0.5) is 0 Å². The van der Waals surface area contributed by atoms with Crippen LogP contribution in [0.1, 0.15) is 19.6 Å². The number of esters is 1. The number of hydrogen-bond acceptors (Lipinski definition) is 4. The van der Waals surface area contributed by atoms with Gasteiger partial charge in [-0.25, -0.2) is 0 Å². The zero-order chi connectivity index (χ0) is 12.5. The van der Waals surface area contributed by atoms with E-state index in [9.17, 15) is 4.79 Å². The lowest BCUT2D eigenvalue weighted by Gasteiger charge is -2.45. The number of rotatable bonds is 4. The van der Waals surface area contributed by atoms with Crippen LogP contribution >= 0.6 is 0 Å². The van der Waals surface area contributed by atoms with Crippen LogP contribution in [0, 0.1) is 11.8 Å². The first-order chi connectivity index (χ1) is 8.12. The molecule has 4 nitrogen and oxygen atoms in total. The largest absolute Gasteiger partial charge is 0.469 e. The third kappa shape index (κ3) is 1.86. The van der Waals surface area contributed by atoms with Crippen LogP contribution in [0.25, 0.3) is 0 Å². The number of methoxy groups -OCH3 is 1. The summed E-state index contributed by atoms with van der Waals surface area (Å²) in [5, 5.41) is 0. The van der Waals surface area contributed by atoms with Crippen LogP contribution in [0.5, 0.6) is 0 Å². The lowest BCUT2D eigenvalue weighted by molar-refractivity contribution is -0.166. The van der Waals surface area contributed by atoms with E-state index in [0.29, 0.717) is 13.2 Å². The van der Waals surface area contributed by atoms with Gasteiger partial charge in [-0.15, -0.1) is 0 Å². The molecule has 2 heterocycles. The van der Waals surface area contributed by atoms with Crippen molar-refractivity contribution >= 4 is 5.97 Å². The van der Waals surface area contributed by atoms with Gasteiger partial charge in [0, 0.05) is 0 Å². The van der Waals surface area contributed by atoms with E-state index in [0.717, 1.165) is 5.76 Å². The third-order valence-electron chi connectivity index (χ3n) is 3.45. The van der Waals surface area contributed by atoms with E-state index in [4.69, 9.17) is 13.9 Å². The van der Waals surface area contributed by atoms with Crippen LogP contribution in [-0.4, -0.2) is 26.3 Å². The fraction of sp³-hybridized carbons (Fsp3) is 0.615. The quantitative estimate of drug-likeness (QED) is 0.753. The smallest absolute Gasteiger partial charge is 0.310 e. The molecule has 1 saturated heterocycles. The highest BCUT2D eigenvalue weighted by atomic mass is 16.5. The Morgan fingerprint density at radius 2 is 2.18 bits per heavy atom. The number of carbonyl (C=O) groups excluding carboxylic acids is 1. The summed E-state index contributed by atoms with van der Waals surface area (Å²) < 4.78 is 15.7. The number of hydrogen-bond donors (Lipinski definition) is 0. The molecule has 0 aliphatic carbocycles. The van der Waals surface area contributed by atoms with Gasteiger partial charge in [-0.05, 0) is 18.1 Å². The van der Waals surface area contributed by atoms with E-state index in [1.165, 1.54) is 7.11 Å². The molecule has 0 bridgehead atoms. The molecule has 1 aromatic rings. The Labute approximate surface area is 101 Å². The van der Waals surface area contributed by atoms with Crippen molar-refractivity contribution in [2.45, 2.75) is 19.3 Å². The molecular weight excluding hydrogens is 220 g/mol. The lowest BCUT2D eigenvalue weighted by atomic mass is 9.67. The van der Waals surface area contributed by atoms with Crippen molar-refractivity contribution in [1.82, 2.24) is 0 Å². The molecule has 0 spiro atoms. The maximum absolute atomic E-state index is 12.0. The molecule has 1 atom stereocenters. The van der Waals surface area contributed by atoms with Crippen LogP contribution in [-0.2, 0) is 19.7 Å². The summed E-state index contributed by atoms with van der Waals surface area (Å²) in [7, 11) is 1.42. The van der Waals surface area contributed by atoms with Gasteiger partial charge in [-0.1, -0.05) is 13.8 Å². The molecule has 1 fully saturated rings. The summed E-state index contributed by atoms with van der Waals surface area (Å²) in [4.78, 5) is 12.0. The summed E-state index contributed by atoms with van der Waals surface area (Å²) in [6.45, 7) is 5.06. The summed E-state index contributed by atoms with van der Waals surface area (Å²) in [5.74, 6) is 0.566. The fourth-order valence-electron chi connectivity index (χ4n) is 2.62. The van der Waals surface area contributed by atoms with E-state index in [2.05, 4.69) is 0 Å². The monoisotopic (exact) mass is 238 g/mol. The molecule has 94 valence electrons.